The van der Waals surface area contributed by atoms with Crippen LogP contribution in [0.15, 0.2) is 52.9 Å². The molecule has 1 heterocycles. The van der Waals surface area contributed by atoms with Gasteiger partial charge >= 0.3 is 12.0 Å². The van der Waals surface area contributed by atoms with Gasteiger partial charge in [-0.3, -0.25) is 14.9 Å². The van der Waals surface area contributed by atoms with Crippen LogP contribution < -0.4 is 5.32 Å². The Morgan fingerprint density at radius 3 is 2.34 bits per heavy atom. The van der Waals surface area contributed by atoms with Crippen molar-refractivity contribution in [3.63, 3.8) is 0 Å². The van der Waals surface area contributed by atoms with Crippen LogP contribution in [0.2, 0.25) is 0 Å². The van der Waals surface area contributed by atoms with Crippen molar-refractivity contribution >= 4 is 17.9 Å². The molecule has 0 spiro atoms. The minimum atomic E-state index is -0.729. The first kappa shape index (κ1) is 21.7. The van der Waals surface area contributed by atoms with Gasteiger partial charge in [-0.2, -0.15) is 0 Å². The smallest absolute Gasteiger partial charge is 0.322 e. The Morgan fingerprint density at radius 2 is 1.69 bits per heavy atom. The number of carboxylic acid groups (broad SMARTS) is 1. The van der Waals surface area contributed by atoms with Crippen LogP contribution in [-0.4, -0.2) is 27.2 Å². The van der Waals surface area contributed by atoms with Crippen LogP contribution >= 0.6 is 0 Å². The molecular formula is C24H24FN3O4. The van der Waals surface area contributed by atoms with Gasteiger partial charge in [0.15, 0.2) is 0 Å². The molecule has 1 saturated carbocycles. The van der Waals surface area contributed by atoms with Crippen molar-refractivity contribution < 1.29 is 23.5 Å². The lowest BCUT2D eigenvalue weighted by molar-refractivity contribution is -0.138. The molecule has 7 nitrogen and oxygen atoms in total. The Kier molecular flexibility index (Phi) is 6.58. The minimum absolute atomic E-state index is 0.00735. The number of nitrogens with zero attached hydrogens (tertiary/aromatic N) is 2. The number of aromatic nitrogens is 2. The molecule has 3 aromatic rings. The molecular weight excluding hydrogens is 413 g/mol. The second-order valence-corrected chi connectivity index (χ2v) is 8.20. The highest BCUT2D eigenvalue weighted by Gasteiger charge is 2.24. The zero-order chi connectivity index (χ0) is 22.5. The summed E-state index contributed by atoms with van der Waals surface area (Å²) in [5.41, 5.74) is 2.46. The lowest BCUT2D eigenvalue weighted by atomic mass is 9.77. The first-order valence-corrected chi connectivity index (χ1v) is 10.7. The Bertz CT molecular complexity index is 1070. The van der Waals surface area contributed by atoms with Gasteiger partial charge in [0.05, 0.1) is 6.42 Å². The van der Waals surface area contributed by atoms with E-state index in [1.807, 2.05) is 12.1 Å². The second-order valence-electron chi connectivity index (χ2n) is 8.20. The van der Waals surface area contributed by atoms with Crippen LogP contribution in [0.5, 0.6) is 0 Å². The highest BCUT2D eigenvalue weighted by molar-refractivity contribution is 6.03. The van der Waals surface area contributed by atoms with E-state index in [0.717, 1.165) is 36.8 Å². The van der Waals surface area contributed by atoms with Gasteiger partial charge in [-0.1, -0.05) is 29.4 Å². The van der Waals surface area contributed by atoms with Crippen molar-refractivity contribution in [3.05, 3.63) is 76.9 Å². The van der Waals surface area contributed by atoms with Gasteiger partial charge < -0.3 is 9.52 Å². The zero-order valence-electron chi connectivity index (χ0n) is 17.5. The summed E-state index contributed by atoms with van der Waals surface area (Å²) in [6.07, 6.45) is 4.33. The molecule has 1 aromatic heterocycles. The molecule has 0 atom stereocenters. The number of carboxylic acids is 1. The lowest BCUT2D eigenvalue weighted by Crippen LogP contribution is -2.16. The van der Waals surface area contributed by atoms with Crippen LogP contribution in [0.3, 0.4) is 0 Å². The molecule has 1 amide bonds. The van der Waals surface area contributed by atoms with E-state index >= 15 is 0 Å². The number of benzene rings is 2. The fourth-order valence-electron chi connectivity index (χ4n) is 4.18. The Labute approximate surface area is 184 Å². The number of hydrogen-bond acceptors (Lipinski definition) is 5. The molecule has 0 radical (unpaired) electrons. The summed E-state index contributed by atoms with van der Waals surface area (Å²) in [4.78, 5) is 23.4. The van der Waals surface area contributed by atoms with Crippen LogP contribution in [-0.2, 0) is 11.2 Å². The molecule has 0 saturated heterocycles. The highest BCUT2D eigenvalue weighted by Crippen LogP contribution is 2.37. The van der Waals surface area contributed by atoms with Gasteiger partial charge in [0.2, 0.25) is 5.89 Å². The Balaban J connectivity index is 1.31. The maximum Gasteiger partial charge on any atom is 0.322 e. The van der Waals surface area contributed by atoms with Crippen molar-refractivity contribution in [2.24, 2.45) is 5.92 Å². The summed E-state index contributed by atoms with van der Waals surface area (Å²) in [6, 6.07) is 13.4. The third kappa shape index (κ3) is 5.57. The van der Waals surface area contributed by atoms with Gasteiger partial charge in [-0.05, 0) is 72.9 Å². The average Bonchev–Trinajstić information content (AvgIpc) is 3.22. The molecule has 1 fully saturated rings. The van der Waals surface area contributed by atoms with E-state index in [4.69, 9.17) is 9.52 Å². The number of anilines is 1. The molecule has 0 aliphatic heterocycles. The Hall–Kier alpha value is -3.55. The van der Waals surface area contributed by atoms with Crippen molar-refractivity contribution in [1.82, 2.24) is 10.2 Å². The number of rotatable bonds is 7. The van der Waals surface area contributed by atoms with Crippen molar-refractivity contribution in [3.8, 4) is 0 Å². The molecule has 32 heavy (non-hydrogen) atoms. The largest absolute Gasteiger partial charge is 0.481 e. The molecule has 166 valence electrons. The minimum Gasteiger partial charge on any atom is -0.481 e. The molecule has 8 heteroatoms. The Morgan fingerprint density at radius 1 is 1.00 bits per heavy atom. The van der Waals surface area contributed by atoms with E-state index in [-0.39, 0.29) is 30.1 Å². The average molecular weight is 437 g/mol. The monoisotopic (exact) mass is 437 g/mol. The standard InChI is InChI=1S/C24H24FN3O4/c25-20-11-3-15(4-12-20)13-21-27-28-24(32-21)26-23(31)19-9-7-18(8-10-19)17-5-1-16(2-6-17)14-22(29)30/h3-4,7-12,16-17H,1-2,5-6,13-14H2,(H,29,30)(H,26,28,31). The summed E-state index contributed by atoms with van der Waals surface area (Å²) >= 11 is 0. The zero-order valence-corrected chi connectivity index (χ0v) is 17.5. The number of nitrogens with one attached hydrogen (secondary N) is 1. The highest BCUT2D eigenvalue weighted by atomic mass is 19.1. The van der Waals surface area contributed by atoms with Crippen LogP contribution in [0, 0.1) is 11.7 Å². The lowest BCUT2D eigenvalue weighted by Gasteiger charge is -2.28. The van der Waals surface area contributed by atoms with E-state index in [1.54, 1.807) is 24.3 Å². The van der Waals surface area contributed by atoms with Gasteiger partial charge in [0.25, 0.3) is 5.91 Å². The van der Waals surface area contributed by atoms with Crippen molar-refractivity contribution in [1.29, 1.82) is 0 Å². The normalized spacial score (nSPS) is 18.3. The van der Waals surface area contributed by atoms with Gasteiger partial charge in [0, 0.05) is 12.0 Å². The fraction of sp³-hybridized carbons (Fsp3) is 0.333. The number of carbonyl (C=O) groups is 2. The van der Waals surface area contributed by atoms with E-state index in [0.29, 0.717) is 23.8 Å². The maximum absolute atomic E-state index is 13.0. The molecule has 1 aliphatic carbocycles. The predicted octanol–water partition coefficient (Wildman–Crippen LogP) is 4.80. The third-order valence-corrected chi connectivity index (χ3v) is 5.91. The quantitative estimate of drug-likeness (QED) is 0.550. The van der Waals surface area contributed by atoms with E-state index in [9.17, 15) is 14.0 Å². The first-order chi connectivity index (χ1) is 15.5. The number of amides is 1. The van der Waals surface area contributed by atoms with Crippen LogP contribution in [0.1, 0.15) is 65.4 Å². The summed E-state index contributed by atoms with van der Waals surface area (Å²) in [7, 11) is 0. The summed E-state index contributed by atoms with van der Waals surface area (Å²) in [6.45, 7) is 0. The van der Waals surface area contributed by atoms with E-state index < -0.39 is 5.97 Å². The SMILES string of the molecule is O=C(O)CC1CCC(c2ccc(C(=O)Nc3nnc(Cc4ccc(F)cc4)o3)cc2)CC1. The maximum atomic E-state index is 13.0. The molecule has 4 rings (SSSR count). The topological polar surface area (TPSA) is 105 Å². The predicted molar refractivity (Wildman–Crippen MR) is 115 cm³/mol. The number of halogens is 1. The van der Waals surface area contributed by atoms with Gasteiger partial charge in [0.1, 0.15) is 5.82 Å². The van der Waals surface area contributed by atoms with Crippen LogP contribution in [0.4, 0.5) is 10.4 Å². The van der Waals surface area contributed by atoms with Gasteiger partial charge in [-0.15, -0.1) is 5.10 Å². The van der Waals surface area contributed by atoms with Crippen molar-refractivity contribution in [2.45, 2.75) is 44.4 Å². The van der Waals surface area contributed by atoms with Gasteiger partial charge in [-0.25, -0.2) is 4.39 Å². The number of aliphatic carboxylic acids is 1. The molecule has 0 unspecified atom stereocenters. The third-order valence-electron chi connectivity index (χ3n) is 5.91. The summed E-state index contributed by atoms with van der Waals surface area (Å²) in [5, 5.41) is 19.3. The second kappa shape index (κ2) is 9.72. The first-order valence-electron chi connectivity index (χ1n) is 10.7. The fourth-order valence-corrected chi connectivity index (χ4v) is 4.18. The van der Waals surface area contributed by atoms with Crippen LogP contribution in [0.25, 0.3) is 0 Å². The number of carbonyl (C=O) groups excluding carboxylic acids is 1. The molecule has 1 aliphatic rings. The van der Waals surface area contributed by atoms with E-state index in [1.165, 1.54) is 12.1 Å². The molecule has 0 bridgehead atoms. The van der Waals surface area contributed by atoms with E-state index in [2.05, 4.69) is 15.5 Å². The number of hydrogen-bond donors (Lipinski definition) is 2. The molecule has 2 aromatic carbocycles. The van der Waals surface area contributed by atoms with Crippen molar-refractivity contribution in [2.75, 3.05) is 5.32 Å². The molecule has 2 N–H and O–H groups in total. The summed E-state index contributed by atoms with van der Waals surface area (Å²) in [5.74, 6) is -0.422. The summed E-state index contributed by atoms with van der Waals surface area (Å²) < 4.78 is 18.5.